The summed E-state index contributed by atoms with van der Waals surface area (Å²) >= 11 is 3.46. The van der Waals surface area contributed by atoms with Crippen LogP contribution in [0.15, 0.2) is 46.0 Å². The van der Waals surface area contributed by atoms with Crippen LogP contribution < -0.4 is 19.6 Å². The molecule has 0 saturated carbocycles. The molecule has 1 aliphatic heterocycles. The molecule has 2 aromatic carbocycles. The Morgan fingerprint density at radius 1 is 1.10 bits per heavy atom. The lowest BCUT2D eigenvalue weighted by molar-refractivity contribution is -0.126. The molecule has 0 aliphatic carbocycles. The van der Waals surface area contributed by atoms with E-state index >= 15 is 0 Å². The van der Waals surface area contributed by atoms with E-state index < -0.39 is 0 Å². The fraction of sp³-hybridized carbons (Fsp3) is 0.391. The molecule has 1 saturated heterocycles. The maximum atomic E-state index is 12.5. The Kier molecular flexibility index (Phi) is 8.31. The van der Waals surface area contributed by atoms with Crippen molar-refractivity contribution in [2.24, 2.45) is 11.0 Å². The fourth-order valence-electron chi connectivity index (χ4n) is 3.64. The van der Waals surface area contributed by atoms with Crippen LogP contribution >= 0.6 is 15.9 Å². The number of likely N-dealkylation sites (tertiary alicyclic amines) is 1. The van der Waals surface area contributed by atoms with Gasteiger partial charge < -0.3 is 14.2 Å². The van der Waals surface area contributed by atoms with Gasteiger partial charge in [-0.05, 0) is 55.8 Å². The summed E-state index contributed by atoms with van der Waals surface area (Å²) in [7, 11) is 4.67. The van der Waals surface area contributed by atoms with Crippen LogP contribution in [0, 0.1) is 5.92 Å². The van der Waals surface area contributed by atoms with Gasteiger partial charge in [-0.1, -0.05) is 28.1 Å². The topological polar surface area (TPSA) is 72.4 Å². The molecule has 3 rings (SSSR count). The third-order valence-corrected chi connectivity index (χ3v) is 5.88. The number of ether oxygens (including phenoxy) is 3. The molecule has 0 aromatic heterocycles. The number of hydrogen-bond donors (Lipinski definition) is 1. The monoisotopic (exact) mass is 489 g/mol. The van der Waals surface area contributed by atoms with Crippen LogP contribution in [0.1, 0.15) is 24.0 Å². The zero-order valence-corrected chi connectivity index (χ0v) is 19.6. The van der Waals surface area contributed by atoms with Crippen LogP contribution in [0.5, 0.6) is 17.2 Å². The van der Waals surface area contributed by atoms with Crippen molar-refractivity contribution in [3.8, 4) is 17.2 Å². The normalized spacial score (nSPS) is 15.1. The second-order valence-corrected chi connectivity index (χ2v) is 8.29. The van der Waals surface area contributed by atoms with Gasteiger partial charge in [0.05, 0.1) is 27.5 Å². The molecule has 1 N–H and O–H groups in total. The zero-order valence-electron chi connectivity index (χ0n) is 18.1. The van der Waals surface area contributed by atoms with Crippen molar-refractivity contribution in [2.45, 2.75) is 19.4 Å². The number of hydrogen-bond acceptors (Lipinski definition) is 6. The molecular formula is C23H28BrN3O4. The van der Waals surface area contributed by atoms with Gasteiger partial charge in [0.2, 0.25) is 11.7 Å². The average molecular weight is 490 g/mol. The van der Waals surface area contributed by atoms with Crippen LogP contribution in [0.25, 0.3) is 0 Å². The fourth-order valence-corrected chi connectivity index (χ4v) is 3.90. The number of amides is 1. The van der Waals surface area contributed by atoms with Crippen LogP contribution in [-0.2, 0) is 11.3 Å². The number of halogens is 1. The van der Waals surface area contributed by atoms with Gasteiger partial charge in [-0.15, -0.1) is 0 Å². The number of benzene rings is 2. The van der Waals surface area contributed by atoms with E-state index in [0.29, 0.717) is 17.2 Å². The Morgan fingerprint density at radius 2 is 1.71 bits per heavy atom. The van der Waals surface area contributed by atoms with Crippen LogP contribution in [0.2, 0.25) is 0 Å². The number of nitrogens with one attached hydrogen (secondary N) is 1. The molecule has 0 unspecified atom stereocenters. The van der Waals surface area contributed by atoms with Crippen molar-refractivity contribution in [1.82, 2.24) is 10.3 Å². The van der Waals surface area contributed by atoms with Gasteiger partial charge in [0.15, 0.2) is 11.5 Å². The number of rotatable bonds is 8. The van der Waals surface area contributed by atoms with Crippen molar-refractivity contribution in [3.63, 3.8) is 0 Å². The quantitative estimate of drug-likeness (QED) is 0.450. The molecule has 0 atom stereocenters. The van der Waals surface area contributed by atoms with E-state index in [1.807, 2.05) is 0 Å². The molecule has 2 aromatic rings. The van der Waals surface area contributed by atoms with Crippen molar-refractivity contribution in [3.05, 3.63) is 52.0 Å². The minimum absolute atomic E-state index is 0.0294. The number of hydrazone groups is 1. The molecule has 0 radical (unpaired) electrons. The molecule has 1 heterocycles. The lowest BCUT2D eigenvalue weighted by Crippen LogP contribution is -2.39. The first-order valence-electron chi connectivity index (χ1n) is 10.1. The number of methoxy groups -OCH3 is 3. The predicted octanol–water partition coefficient (Wildman–Crippen LogP) is 3.84. The van der Waals surface area contributed by atoms with Crippen LogP contribution in [-0.4, -0.2) is 51.4 Å². The predicted molar refractivity (Wildman–Crippen MR) is 124 cm³/mol. The molecule has 166 valence electrons. The Labute approximate surface area is 191 Å². The Balaban J connectivity index is 1.51. The molecule has 1 amide bonds. The second kappa shape index (κ2) is 11.2. The van der Waals surface area contributed by atoms with E-state index in [9.17, 15) is 4.79 Å². The van der Waals surface area contributed by atoms with Crippen molar-refractivity contribution in [2.75, 3.05) is 34.4 Å². The van der Waals surface area contributed by atoms with E-state index in [-0.39, 0.29) is 11.8 Å². The van der Waals surface area contributed by atoms with Crippen LogP contribution in [0.4, 0.5) is 0 Å². The largest absolute Gasteiger partial charge is 0.493 e. The number of carbonyl (C=O) groups excluding carboxylic acids is 1. The maximum absolute atomic E-state index is 12.5. The van der Waals surface area contributed by atoms with E-state index in [1.54, 1.807) is 39.7 Å². The summed E-state index contributed by atoms with van der Waals surface area (Å²) in [6.45, 7) is 2.69. The highest BCUT2D eigenvalue weighted by molar-refractivity contribution is 9.10. The van der Waals surface area contributed by atoms with Crippen molar-refractivity contribution < 1.29 is 19.0 Å². The molecule has 31 heavy (non-hydrogen) atoms. The smallest absolute Gasteiger partial charge is 0.243 e. The summed E-state index contributed by atoms with van der Waals surface area (Å²) in [5.74, 6) is 1.51. The lowest BCUT2D eigenvalue weighted by atomic mass is 9.96. The molecule has 7 nitrogen and oxygen atoms in total. The molecule has 0 spiro atoms. The Bertz CT molecular complexity index is 885. The van der Waals surface area contributed by atoms with Gasteiger partial charge in [-0.25, -0.2) is 5.43 Å². The third-order valence-electron chi connectivity index (χ3n) is 5.35. The SMILES string of the molecule is COc1cc(/C=N/NC(=O)C2CCN(Cc3ccc(Br)cc3)CC2)cc(OC)c1OC. The molecular weight excluding hydrogens is 462 g/mol. The van der Waals surface area contributed by atoms with Crippen molar-refractivity contribution >= 4 is 28.1 Å². The number of nitrogens with zero attached hydrogens (tertiary/aromatic N) is 2. The zero-order chi connectivity index (χ0) is 22.2. The maximum Gasteiger partial charge on any atom is 0.243 e. The summed E-state index contributed by atoms with van der Waals surface area (Å²) in [5, 5.41) is 4.12. The highest BCUT2D eigenvalue weighted by Crippen LogP contribution is 2.37. The average Bonchev–Trinajstić information content (AvgIpc) is 2.80. The summed E-state index contributed by atoms with van der Waals surface area (Å²) in [4.78, 5) is 14.9. The minimum atomic E-state index is -0.0491. The van der Waals surface area contributed by atoms with Gasteiger partial charge in [0.25, 0.3) is 0 Å². The second-order valence-electron chi connectivity index (χ2n) is 7.37. The van der Waals surface area contributed by atoms with Gasteiger partial charge in [0, 0.05) is 22.5 Å². The number of carbonyl (C=O) groups is 1. The summed E-state index contributed by atoms with van der Waals surface area (Å²) in [6, 6.07) is 11.9. The minimum Gasteiger partial charge on any atom is -0.493 e. The Morgan fingerprint density at radius 3 is 2.26 bits per heavy atom. The van der Waals surface area contributed by atoms with Crippen molar-refractivity contribution in [1.29, 1.82) is 0 Å². The van der Waals surface area contributed by atoms with Gasteiger partial charge in [-0.2, -0.15) is 5.10 Å². The molecule has 0 bridgehead atoms. The van der Waals surface area contributed by atoms with E-state index in [2.05, 4.69) is 55.6 Å². The lowest BCUT2D eigenvalue weighted by Gasteiger charge is -2.30. The van der Waals surface area contributed by atoms with E-state index in [1.165, 1.54) is 5.56 Å². The molecule has 8 heteroatoms. The van der Waals surface area contributed by atoms with Gasteiger partial charge >= 0.3 is 0 Å². The van der Waals surface area contributed by atoms with E-state index in [0.717, 1.165) is 42.5 Å². The standard InChI is InChI=1S/C23H28BrN3O4/c1-29-20-12-17(13-21(30-2)22(20)31-3)14-25-26-23(28)18-8-10-27(11-9-18)15-16-4-6-19(24)7-5-16/h4-7,12-14,18H,8-11,15H2,1-3H3,(H,26,28)/b25-14+. The highest BCUT2D eigenvalue weighted by Gasteiger charge is 2.24. The summed E-state index contributed by atoms with van der Waals surface area (Å²) < 4.78 is 17.1. The first-order valence-corrected chi connectivity index (χ1v) is 10.9. The van der Waals surface area contributed by atoms with Crippen LogP contribution in [0.3, 0.4) is 0 Å². The first kappa shape index (κ1) is 23.1. The summed E-state index contributed by atoms with van der Waals surface area (Å²) in [5.41, 5.74) is 4.68. The number of piperidine rings is 1. The molecule has 1 aliphatic rings. The first-order chi connectivity index (χ1) is 15.0. The van der Waals surface area contributed by atoms with Gasteiger partial charge in [0.1, 0.15) is 0 Å². The Hall–Kier alpha value is -2.58. The summed E-state index contributed by atoms with van der Waals surface area (Å²) in [6.07, 6.45) is 3.22. The highest BCUT2D eigenvalue weighted by atomic mass is 79.9. The third kappa shape index (κ3) is 6.21. The molecule has 1 fully saturated rings. The van der Waals surface area contributed by atoms with Gasteiger partial charge in [-0.3, -0.25) is 9.69 Å². The van der Waals surface area contributed by atoms with E-state index in [4.69, 9.17) is 14.2 Å².